The molecule has 0 saturated heterocycles. The van der Waals surface area contributed by atoms with E-state index < -0.39 is 37.1 Å². The van der Waals surface area contributed by atoms with E-state index in [1.807, 2.05) is 0 Å². The second-order valence-corrected chi connectivity index (χ2v) is 11.5. The second kappa shape index (κ2) is 9.05. The molecule has 4 rings (SSSR count). The molecule has 0 aliphatic rings. The molecule has 3 nitrogen and oxygen atoms in total. The maximum atomic E-state index is 13.5. The van der Waals surface area contributed by atoms with E-state index in [1.165, 1.54) is 0 Å². The fourth-order valence-corrected chi connectivity index (χ4v) is 8.65. The Kier molecular flexibility index (Phi) is 6.34. The summed E-state index contributed by atoms with van der Waals surface area (Å²) >= 11 is 0. The Labute approximate surface area is 192 Å². The third-order valence-electron chi connectivity index (χ3n) is 4.87. The lowest BCUT2D eigenvalue weighted by molar-refractivity contribution is -0.137. The lowest BCUT2D eigenvalue weighted by atomic mass is 10.2. The van der Waals surface area contributed by atoms with E-state index in [-0.39, 0.29) is 0 Å². The van der Waals surface area contributed by atoms with Crippen molar-refractivity contribution in [3.63, 3.8) is 0 Å². The van der Waals surface area contributed by atoms with Crippen LogP contribution in [0.4, 0.5) is 13.2 Å². The summed E-state index contributed by atoms with van der Waals surface area (Å²) < 4.78 is 72.8. The highest BCUT2D eigenvalue weighted by Gasteiger charge is 2.39. The molecule has 0 N–H and O–H groups in total. The summed E-state index contributed by atoms with van der Waals surface area (Å²) in [5.41, 5.74) is -1.06. The van der Waals surface area contributed by atoms with Crippen LogP contribution in [0.1, 0.15) is 5.56 Å². The van der Waals surface area contributed by atoms with Crippen molar-refractivity contribution < 1.29 is 25.2 Å². The maximum Gasteiger partial charge on any atom is 0.416 e. The van der Waals surface area contributed by atoms with Gasteiger partial charge >= 0.3 is 16.3 Å². The molecule has 0 radical (unpaired) electrons. The maximum absolute atomic E-state index is 13.5. The number of benzene rings is 4. The van der Waals surface area contributed by atoms with E-state index in [0.717, 1.165) is 18.2 Å². The molecule has 0 saturated carbocycles. The third kappa shape index (κ3) is 4.68. The standard InChI is InChI=1S/C25H19F3O3S2/c26-25(27,28)20-11-10-18-24(19-20)33(29,30)31-32(21-12-4-1-5-13-21,22-14-6-2-7-15-22)23-16-8-3-9-17-23/h1-19H. The molecule has 0 fully saturated rings. The fourth-order valence-electron chi connectivity index (χ4n) is 3.36. The van der Waals surface area contributed by atoms with Crippen molar-refractivity contribution in [3.8, 4) is 0 Å². The highest BCUT2D eigenvalue weighted by atomic mass is 32.3. The number of halogens is 3. The smallest absolute Gasteiger partial charge is 0.203 e. The summed E-state index contributed by atoms with van der Waals surface area (Å²) in [4.78, 5) is 1.23. The normalized spacial score (nSPS) is 12.9. The van der Waals surface area contributed by atoms with E-state index in [1.54, 1.807) is 91.0 Å². The van der Waals surface area contributed by atoms with E-state index in [4.69, 9.17) is 3.63 Å². The number of rotatable bonds is 6. The fraction of sp³-hybridized carbons (Fsp3) is 0.0400. The number of alkyl halides is 3. The van der Waals surface area contributed by atoms with Gasteiger partial charge in [-0.05, 0) is 64.9 Å². The highest BCUT2D eigenvalue weighted by Crippen LogP contribution is 2.70. The molecule has 170 valence electrons. The molecule has 0 spiro atoms. The molecule has 0 unspecified atom stereocenters. The van der Waals surface area contributed by atoms with E-state index in [9.17, 15) is 21.6 Å². The predicted octanol–water partition coefficient (Wildman–Crippen LogP) is 7.31. The number of hydrogen-bond acceptors (Lipinski definition) is 3. The minimum atomic E-state index is -4.69. The number of hydrogen-bond donors (Lipinski definition) is 0. The molecule has 8 heteroatoms. The van der Waals surface area contributed by atoms with Crippen LogP contribution in [0.25, 0.3) is 0 Å². The van der Waals surface area contributed by atoms with Gasteiger partial charge in [0.2, 0.25) is 0 Å². The van der Waals surface area contributed by atoms with Crippen LogP contribution in [-0.4, -0.2) is 8.42 Å². The van der Waals surface area contributed by atoms with Gasteiger partial charge < -0.3 is 0 Å². The monoisotopic (exact) mass is 488 g/mol. The summed E-state index contributed by atoms with van der Waals surface area (Å²) in [5.74, 6) is 0. The summed E-state index contributed by atoms with van der Waals surface area (Å²) in [5, 5.41) is 0. The van der Waals surface area contributed by atoms with Gasteiger partial charge in [-0.3, -0.25) is 0 Å². The second-order valence-electron chi connectivity index (χ2n) is 7.04. The zero-order valence-electron chi connectivity index (χ0n) is 17.1. The van der Waals surface area contributed by atoms with Crippen LogP contribution in [0.5, 0.6) is 0 Å². The first-order valence-electron chi connectivity index (χ1n) is 9.85. The molecule has 0 heterocycles. The van der Waals surface area contributed by atoms with Gasteiger partial charge in [-0.1, -0.05) is 60.7 Å². The van der Waals surface area contributed by atoms with Crippen LogP contribution < -0.4 is 0 Å². The Morgan fingerprint density at radius 2 is 0.939 bits per heavy atom. The van der Waals surface area contributed by atoms with Gasteiger partial charge in [-0.25, -0.2) is 3.63 Å². The van der Waals surface area contributed by atoms with E-state index >= 15 is 0 Å². The van der Waals surface area contributed by atoms with Crippen molar-refractivity contribution in [2.24, 2.45) is 0 Å². The Morgan fingerprint density at radius 1 is 0.545 bits per heavy atom. The first kappa shape index (κ1) is 23.1. The predicted molar refractivity (Wildman–Crippen MR) is 121 cm³/mol. The Balaban J connectivity index is 1.97. The van der Waals surface area contributed by atoms with Crippen LogP contribution in [0.2, 0.25) is 0 Å². The molecule has 0 aliphatic heterocycles. The van der Waals surface area contributed by atoms with Crippen molar-refractivity contribution in [2.75, 3.05) is 0 Å². The summed E-state index contributed by atoms with van der Waals surface area (Å²) in [6.07, 6.45) is -4.69. The van der Waals surface area contributed by atoms with Gasteiger partial charge in [0, 0.05) is 14.7 Å². The van der Waals surface area contributed by atoms with Gasteiger partial charge in [0.1, 0.15) is 0 Å². The van der Waals surface area contributed by atoms with Crippen molar-refractivity contribution in [3.05, 3.63) is 121 Å². The average Bonchev–Trinajstić information content (AvgIpc) is 2.84. The molecule has 0 atom stereocenters. The van der Waals surface area contributed by atoms with Gasteiger partial charge in [0.05, 0.1) is 10.5 Å². The molecule has 4 aromatic carbocycles. The SMILES string of the molecule is O=S(=O)(OS(c1ccccc1)(c1ccccc1)c1ccccc1)c1cccc(C(F)(F)F)c1. The van der Waals surface area contributed by atoms with Crippen molar-refractivity contribution in [1.82, 2.24) is 0 Å². The summed E-state index contributed by atoms with van der Waals surface area (Å²) in [6.45, 7) is 0. The Hall–Kier alpha value is -3.07. The first-order chi connectivity index (χ1) is 15.7. The largest absolute Gasteiger partial charge is 0.416 e. The minimum absolute atomic E-state index is 0.558. The van der Waals surface area contributed by atoms with E-state index in [2.05, 4.69) is 0 Å². The molecule has 0 aromatic heterocycles. The van der Waals surface area contributed by atoms with Gasteiger partial charge in [0.15, 0.2) is 0 Å². The van der Waals surface area contributed by atoms with Crippen LogP contribution in [0.3, 0.4) is 0 Å². The lowest BCUT2D eigenvalue weighted by Gasteiger charge is -2.39. The molecule has 0 amide bonds. The van der Waals surface area contributed by atoms with Crippen LogP contribution in [0.15, 0.2) is 135 Å². The Bertz CT molecular complexity index is 1230. The molecular formula is C25H19F3O3S2. The topological polar surface area (TPSA) is 43.4 Å². The molecular weight excluding hydrogens is 469 g/mol. The quantitative estimate of drug-likeness (QED) is 0.286. The Morgan fingerprint density at radius 3 is 1.33 bits per heavy atom. The summed E-state index contributed by atoms with van der Waals surface area (Å²) in [6, 6.07) is 30.1. The molecule has 33 heavy (non-hydrogen) atoms. The van der Waals surface area contributed by atoms with Gasteiger partial charge in [-0.15, -0.1) is 0 Å². The van der Waals surface area contributed by atoms with Gasteiger partial charge in [-0.2, -0.15) is 21.6 Å². The van der Waals surface area contributed by atoms with Crippen molar-refractivity contribution in [2.45, 2.75) is 25.8 Å². The highest BCUT2D eigenvalue weighted by molar-refractivity contribution is 8.33. The third-order valence-corrected chi connectivity index (χ3v) is 10.0. The zero-order valence-corrected chi connectivity index (χ0v) is 18.8. The van der Waals surface area contributed by atoms with E-state index in [0.29, 0.717) is 20.8 Å². The average molecular weight is 489 g/mol. The lowest BCUT2D eigenvalue weighted by Crippen LogP contribution is -2.15. The van der Waals surface area contributed by atoms with Crippen LogP contribution in [-0.2, 0) is 19.9 Å². The minimum Gasteiger partial charge on any atom is -0.203 e. The zero-order chi connectivity index (χ0) is 23.5. The van der Waals surface area contributed by atoms with Gasteiger partial charge in [0.25, 0.3) is 0 Å². The molecule has 0 aliphatic carbocycles. The van der Waals surface area contributed by atoms with Crippen LogP contribution in [0, 0.1) is 0 Å². The van der Waals surface area contributed by atoms with Crippen molar-refractivity contribution in [1.29, 1.82) is 0 Å². The molecule has 4 aromatic rings. The molecule has 0 bridgehead atoms. The summed E-state index contributed by atoms with van der Waals surface area (Å²) in [7, 11) is -7.46. The van der Waals surface area contributed by atoms with Crippen molar-refractivity contribution >= 4 is 20.4 Å². The first-order valence-corrected chi connectivity index (χ1v) is 12.8. The van der Waals surface area contributed by atoms with Crippen LogP contribution >= 0.6 is 10.3 Å².